The number of unbranched alkanes of at least 4 members (excludes halogenated alkanes) is 1. The molecule has 0 radical (unpaired) electrons. The molecule has 1 heterocycles. The summed E-state index contributed by atoms with van der Waals surface area (Å²) in [6, 6.07) is 2.99. The number of hydrogen-bond donors (Lipinski definition) is 1. The van der Waals surface area contributed by atoms with Crippen molar-refractivity contribution in [3.05, 3.63) is 29.3 Å². The first kappa shape index (κ1) is 24.3. The van der Waals surface area contributed by atoms with Crippen LogP contribution in [-0.4, -0.2) is 49.6 Å². The largest absolute Gasteiger partial charge is 0.366 e. The average molecular weight is 455 g/mol. The predicted octanol–water partition coefficient (Wildman–Crippen LogP) is 4.12. The number of hydrogen-bond acceptors (Lipinski definition) is 4. The van der Waals surface area contributed by atoms with Crippen LogP contribution in [0, 0.1) is 40.5 Å². The van der Waals surface area contributed by atoms with Gasteiger partial charge in [0.15, 0.2) is 23.3 Å². The van der Waals surface area contributed by atoms with Gasteiger partial charge in [-0.1, -0.05) is 0 Å². The molecular weight excluding hydrogens is 424 g/mol. The van der Waals surface area contributed by atoms with E-state index in [2.05, 4.69) is 10.2 Å². The van der Waals surface area contributed by atoms with E-state index in [1.807, 2.05) is 6.07 Å². The number of carbonyl (C=O) groups is 1. The zero-order chi connectivity index (χ0) is 23.1. The molecule has 5 nitrogen and oxygen atoms in total. The highest BCUT2D eigenvalue weighted by Crippen LogP contribution is 2.29. The van der Waals surface area contributed by atoms with Gasteiger partial charge >= 0.3 is 0 Å². The highest BCUT2D eigenvalue weighted by Gasteiger charge is 2.26. The Bertz CT molecular complexity index is 828. The zero-order valence-electron chi connectivity index (χ0n) is 18.2. The molecule has 9 heteroatoms. The van der Waals surface area contributed by atoms with Gasteiger partial charge in [-0.15, -0.1) is 0 Å². The Balaban J connectivity index is 1.36. The Hall–Kier alpha value is -2.34. The number of amides is 1. The maximum atomic E-state index is 14.0. The van der Waals surface area contributed by atoms with Gasteiger partial charge in [-0.3, -0.25) is 9.69 Å². The maximum Gasteiger partial charge on any atom is 0.220 e. The second-order valence-corrected chi connectivity index (χ2v) is 8.73. The molecule has 0 bridgehead atoms. The third-order valence-electron chi connectivity index (χ3n) is 6.55. The first-order chi connectivity index (χ1) is 15.4. The lowest BCUT2D eigenvalue weighted by molar-refractivity contribution is -0.122. The van der Waals surface area contributed by atoms with Gasteiger partial charge in [-0.05, 0) is 51.0 Å². The van der Waals surface area contributed by atoms with Crippen molar-refractivity contribution in [3.63, 3.8) is 0 Å². The quantitative estimate of drug-likeness (QED) is 0.278. The van der Waals surface area contributed by atoms with Crippen molar-refractivity contribution in [2.45, 2.75) is 57.4 Å². The van der Waals surface area contributed by atoms with Gasteiger partial charge in [-0.2, -0.15) is 5.26 Å². The first-order valence-electron chi connectivity index (χ1n) is 11.4. The monoisotopic (exact) mass is 454 g/mol. The van der Waals surface area contributed by atoms with Crippen molar-refractivity contribution in [1.82, 2.24) is 10.2 Å². The van der Waals surface area contributed by atoms with E-state index in [1.165, 1.54) is 0 Å². The fourth-order valence-electron chi connectivity index (χ4n) is 4.59. The van der Waals surface area contributed by atoms with Crippen LogP contribution in [0.5, 0.6) is 0 Å². The highest BCUT2D eigenvalue weighted by atomic mass is 19.2. The summed E-state index contributed by atoms with van der Waals surface area (Å²) in [7, 11) is 0. The summed E-state index contributed by atoms with van der Waals surface area (Å²) in [5.74, 6) is -5.65. The molecule has 0 unspecified atom stereocenters. The minimum absolute atomic E-state index is 0.0268. The molecule has 2 fully saturated rings. The number of benzene rings is 1. The van der Waals surface area contributed by atoms with Gasteiger partial charge in [0, 0.05) is 51.1 Å². The standard InChI is InChI=1S/C23H30F4N4O/c24-18-15-19(22(26)23(27)21(18)25)31-13-11-30(12-14-31)10-8-16-4-6-17(7-5-16)29-20(32)3-1-2-9-28/h15-17H,1-8,10-14H2,(H,29,32)/t16-,17-. The van der Waals surface area contributed by atoms with Crippen molar-refractivity contribution in [2.75, 3.05) is 37.6 Å². The Morgan fingerprint density at radius 2 is 1.72 bits per heavy atom. The minimum atomic E-state index is -1.78. The molecule has 1 N–H and O–H groups in total. The fraction of sp³-hybridized carbons (Fsp3) is 0.652. The van der Waals surface area contributed by atoms with Crippen molar-refractivity contribution >= 4 is 11.6 Å². The van der Waals surface area contributed by atoms with E-state index < -0.39 is 23.3 Å². The van der Waals surface area contributed by atoms with Crippen molar-refractivity contribution in [2.24, 2.45) is 5.92 Å². The lowest BCUT2D eigenvalue weighted by Gasteiger charge is -2.37. The van der Waals surface area contributed by atoms with Crippen LogP contribution in [-0.2, 0) is 4.79 Å². The molecule has 0 spiro atoms. The third-order valence-corrected chi connectivity index (χ3v) is 6.55. The molecule has 1 aliphatic heterocycles. The molecule has 1 aliphatic carbocycles. The van der Waals surface area contributed by atoms with E-state index in [4.69, 9.17) is 5.26 Å². The van der Waals surface area contributed by atoms with Crippen molar-refractivity contribution < 1.29 is 22.4 Å². The third kappa shape index (κ3) is 6.35. The summed E-state index contributed by atoms with van der Waals surface area (Å²) in [5.41, 5.74) is -0.228. The Kier molecular flexibility index (Phi) is 8.74. The van der Waals surface area contributed by atoms with E-state index in [0.29, 0.717) is 51.4 Å². The summed E-state index contributed by atoms with van der Waals surface area (Å²) in [6.45, 7) is 3.04. The molecule has 1 amide bonds. The van der Waals surface area contributed by atoms with Crippen molar-refractivity contribution in [1.29, 1.82) is 5.26 Å². The van der Waals surface area contributed by atoms with Gasteiger partial charge in [-0.25, -0.2) is 17.6 Å². The van der Waals surface area contributed by atoms with Crippen LogP contribution in [0.1, 0.15) is 51.4 Å². The topological polar surface area (TPSA) is 59.4 Å². The summed E-state index contributed by atoms with van der Waals surface area (Å²) < 4.78 is 54.2. The maximum absolute atomic E-state index is 14.0. The number of nitriles is 1. The van der Waals surface area contributed by atoms with Gasteiger partial charge in [0.1, 0.15) is 0 Å². The molecular formula is C23H30F4N4O. The number of nitrogens with one attached hydrogen (secondary N) is 1. The van der Waals surface area contributed by atoms with Crippen LogP contribution in [0.3, 0.4) is 0 Å². The highest BCUT2D eigenvalue weighted by molar-refractivity contribution is 5.76. The van der Waals surface area contributed by atoms with Crippen LogP contribution in [0.4, 0.5) is 23.2 Å². The first-order valence-corrected chi connectivity index (χ1v) is 11.4. The van der Waals surface area contributed by atoms with E-state index in [0.717, 1.165) is 44.7 Å². The summed E-state index contributed by atoms with van der Waals surface area (Å²) in [4.78, 5) is 15.7. The van der Waals surface area contributed by atoms with E-state index in [-0.39, 0.29) is 17.6 Å². The van der Waals surface area contributed by atoms with Crippen LogP contribution >= 0.6 is 0 Å². The second kappa shape index (κ2) is 11.5. The zero-order valence-corrected chi connectivity index (χ0v) is 18.2. The van der Waals surface area contributed by atoms with Gasteiger partial charge in [0.25, 0.3) is 0 Å². The predicted molar refractivity (Wildman–Crippen MR) is 113 cm³/mol. The average Bonchev–Trinajstić information content (AvgIpc) is 2.80. The van der Waals surface area contributed by atoms with Crippen LogP contribution in [0.25, 0.3) is 0 Å². The Labute approximate surface area is 186 Å². The molecule has 0 atom stereocenters. The molecule has 1 aromatic carbocycles. The number of carbonyl (C=O) groups excluding carboxylic acids is 1. The lowest BCUT2D eigenvalue weighted by Crippen LogP contribution is -2.47. The Morgan fingerprint density at radius 1 is 1.03 bits per heavy atom. The van der Waals surface area contributed by atoms with Crippen LogP contribution in [0.15, 0.2) is 6.07 Å². The number of rotatable bonds is 8. The van der Waals surface area contributed by atoms with E-state index in [1.54, 1.807) is 4.90 Å². The molecule has 3 rings (SSSR count). The number of anilines is 1. The van der Waals surface area contributed by atoms with E-state index in [9.17, 15) is 22.4 Å². The molecule has 0 aromatic heterocycles. The molecule has 32 heavy (non-hydrogen) atoms. The smallest absolute Gasteiger partial charge is 0.220 e. The Morgan fingerprint density at radius 3 is 2.38 bits per heavy atom. The fourth-order valence-corrected chi connectivity index (χ4v) is 4.59. The molecule has 176 valence electrons. The van der Waals surface area contributed by atoms with Gasteiger partial charge < -0.3 is 10.2 Å². The minimum Gasteiger partial charge on any atom is -0.366 e. The summed E-state index contributed by atoms with van der Waals surface area (Å²) in [6.07, 6.45) is 6.49. The van der Waals surface area contributed by atoms with Gasteiger partial charge in [0.05, 0.1) is 11.8 Å². The molecule has 1 saturated heterocycles. The lowest BCUT2D eigenvalue weighted by atomic mass is 9.84. The van der Waals surface area contributed by atoms with Crippen LogP contribution in [0.2, 0.25) is 0 Å². The number of halogens is 4. The number of piperazine rings is 1. The van der Waals surface area contributed by atoms with Gasteiger partial charge in [0.2, 0.25) is 5.91 Å². The summed E-state index contributed by atoms with van der Waals surface area (Å²) >= 11 is 0. The second-order valence-electron chi connectivity index (χ2n) is 8.73. The van der Waals surface area contributed by atoms with Crippen LogP contribution < -0.4 is 10.2 Å². The molecule has 1 saturated carbocycles. The SMILES string of the molecule is N#CCCCC(=O)N[C@H]1CC[C@H](CCN2CCN(c3cc(F)c(F)c(F)c3F)CC2)CC1. The molecule has 1 aromatic rings. The molecule has 2 aliphatic rings. The number of nitrogens with zero attached hydrogens (tertiary/aromatic N) is 3. The normalized spacial score (nSPS) is 21.9. The summed E-state index contributed by atoms with van der Waals surface area (Å²) in [5, 5.41) is 11.6. The van der Waals surface area contributed by atoms with Crippen molar-refractivity contribution in [3.8, 4) is 6.07 Å². The van der Waals surface area contributed by atoms with E-state index >= 15 is 0 Å².